The summed E-state index contributed by atoms with van der Waals surface area (Å²) in [6.07, 6.45) is 10.4. The third-order valence-corrected chi connectivity index (χ3v) is 6.01. The number of hydrogen-bond acceptors (Lipinski definition) is 3. The molecular weight excluding hydrogens is 324 g/mol. The lowest BCUT2D eigenvalue weighted by Crippen LogP contribution is -2.27. The van der Waals surface area contributed by atoms with Crippen LogP contribution in [0.5, 0.6) is 0 Å². The van der Waals surface area contributed by atoms with E-state index in [1.54, 1.807) is 7.11 Å². The minimum atomic E-state index is -0.271. The third kappa shape index (κ3) is 6.12. The Bertz CT molecular complexity index is 529. The van der Waals surface area contributed by atoms with E-state index in [0.29, 0.717) is 11.5 Å². The van der Waals surface area contributed by atoms with Crippen LogP contribution in [-0.2, 0) is 9.47 Å². The molecule has 1 aliphatic rings. The SMILES string of the molecule is CCCCCC1CCC(c2ccc(C(=O)OC(C)C(C)OC)cc2)CC1. The summed E-state index contributed by atoms with van der Waals surface area (Å²) >= 11 is 0. The summed E-state index contributed by atoms with van der Waals surface area (Å²) in [7, 11) is 1.63. The molecule has 1 fully saturated rings. The average Bonchev–Trinajstić information content (AvgIpc) is 2.68. The van der Waals surface area contributed by atoms with E-state index in [4.69, 9.17) is 9.47 Å². The van der Waals surface area contributed by atoms with Crippen molar-refractivity contribution in [1.29, 1.82) is 0 Å². The van der Waals surface area contributed by atoms with Crippen molar-refractivity contribution >= 4 is 5.97 Å². The van der Waals surface area contributed by atoms with E-state index in [-0.39, 0.29) is 18.2 Å². The highest BCUT2D eigenvalue weighted by atomic mass is 16.6. The molecule has 0 bridgehead atoms. The molecule has 146 valence electrons. The van der Waals surface area contributed by atoms with Crippen LogP contribution in [0.4, 0.5) is 0 Å². The van der Waals surface area contributed by atoms with Crippen LogP contribution in [0.2, 0.25) is 0 Å². The Hall–Kier alpha value is -1.35. The van der Waals surface area contributed by atoms with Gasteiger partial charge in [-0.3, -0.25) is 0 Å². The monoisotopic (exact) mass is 360 g/mol. The van der Waals surface area contributed by atoms with Crippen LogP contribution in [-0.4, -0.2) is 25.3 Å². The average molecular weight is 361 g/mol. The third-order valence-electron chi connectivity index (χ3n) is 6.01. The van der Waals surface area contributed by atoms with E-state index >= 15 is 0 Å². The number of ether oxygens (including phenoxy) is 2. The van der Waals surface area contributed by atoms with E-state index in [1.165, 1.54) is 56.9 Å². The molecule has 2 unspecified atom stereocenters. The number of methoxy groups -OCH3 is 1. The first-order valence-corrected chi connectivity index (χ1v) is 10.4. The molecule has 0 heterocycles. The maximum atomic E-state index is 12.3. The van der Waals surface area contributed by atoms with Crippen LogP contribution >= 0.6 is 0 Å². The second kappa shape index (κ2) is 10.7. The van der Waals surface area contributed by atoms with Crippen molar-refractivity contribution in [3.8, 4) is 0 Å². The molecule has 0 amide bonds. The van der Waals surface area contributed by atoms with Gasteiger partial charge < -0.3 is 9.47 Å². The lowest BCUT2D eigenvalue weighted by Gasteiger charge is -2.29. The topological polar surface area (TPSA) is 35.5 Å². The van der Waals surface area contributed by atoms with Crippen LogP contribution in [0.25, 0.3) is 0 Å². The summed E-state index contributed by atoms with van der Waals surface area (Å²) in [5, 5.41) is 0. The van der Waals surface area contributed by atoms with E-state index in [9.17, 15) is 4.79 Å². The minimum Gasteiger partial charge on any atom is -0.456 e. The van der Waals surface area contributed by atoms with Gasteiger partial charge in [-0.25, -0.2) is 4.79 Å². The molecule has 2 rings (SSSR count). The van der Waals surface area contributed by atoms with Crippen LogP contribution < -0.4 is 0 Å². The molecule has 0 aliphatic heterocycles. The number of carbonyl (C=O) groups excluding carboxylic acids is 1. The first-order chi connectivity index (χ1) is 12.5. The van der Waals surface area contributed by atoms with Gasteiger partial charge in [0.15, 0.2) is 0 Å². The molecule has 0 spiro atoms. The molecule has 1 aliphatic carbocycles. The highest BCUT2D eigenvalue weighted by molar-refractivity contribution is 5.89. The number of carbonyl (C=O) groups is 1. The Morgan fingerprint density at radius 1 is 1.04 bits per heavy atom. The van der Waals surface area contributed by atoms with Crippen molar-refractivity contribution in [3.05, 3.63) is 35.4 Å². The van der Waals surface area contributed by atoms with Crippen LogP contribution in [0.15, 0.2) is 24.3 Å². The van der Waals surface area contributed by atoms with Gasteiger partial charge in [-0.1, -0.05) is 44.7 Å². The van der Waals surface area contributed by atoms with Crippen molar-refractivity contribution in [1.82, 2.24) is 0 Å². The quantitative estimate of drug-likeness (QED) is 0.393. The minimum absolute atomic E-state index is 0.106. The molecule has 0 aromatic heterocycles. The fourth-order valence-electron chi connectivity index (χ4n) is 3.88. The van der Waals surface area contributed by atoms with Gasteiger partial charge in [-0.05, 0) is 69.1 Å². The molecule has 2 atom stereocenters. The summed E-state index contributed by atoms with van der Waals surface area (Å²) in [5.74, 6) is 1.30. The summed E-state index contributed by atoms with van der Waals surface area (Å²) < 4.78 is 10.7. The Kier molecular flexibility index (Phi) is 8.64. The van der Waals surface area contributed by atoms with Crippen molar-refractivity contribution in [2.75, 3.05) is 7.11 Å². The van der Waals surface area contributed by atoms with Crippen LogP contribution in [0.3, 0.4) is 0 Å². The van der Waals surface area contributed by atoms with Crippen LogP contribution in [0, 0.1) is 5.92 Å². The number of rotatable bonds is 9. The van der Waals surface area contributed by atoms with E-state index in [0.717, 1.165) is 5.92 Å². The maximum Gasteiger partial charge on any atom is 0.338 e. The summed E-state index contributed by atoms with van der Waals surface area (Å²) in [6, 6.07) is 8.05. The highest BCUT2D eigenvalue weighted by Crippen LogP contribution is 2.37. The first-order valence-electron chi connectivity index (χ1n) is 10.4. The zero-order valence-corrected chi connectivity index (χ0v) is 17.0. The number of unbranched alkanes of at least 4 members (excludes halogenated alkanes) is 2. The van der Waals surface area contributed by atoms with Crippen molar-refractivity contribution in [3.63, 3.8) is 0 Å². The summed E-state index contributed by atoms with van der Waals surface area (Å²) in [6.45, 7) is 6.04. The lowest BCUT2D eigenvalue weighted by atomic mass is 9.77. The second-order valence-corrected chi connectivity index (χ2v) is 7.89. The van der Waals surface area contributed by atoms with Gasteiger partial charge in [-0.15, -0.1) is 0 Å². The van der Waals surface area contributed by atoms with Crippen molar-refractivity contribution < 1.29 is 14.3 Å². The van der Waals surface area contributed by atoms with Crippen LogP contribution in [0.1, 0.15) is 94.0 Å². The molecule has 0 saturated heterocycles. The predicted molar refractivity (Wildman–Crippen MR) is 107 cm³/mol. The van der Waals surface area contributed by atoms with E-state index in [2.05, 4.69) is 19.1 Å². The number of hydrogen-bond donors (Lipinski definition) is 0. The Morgan fingerprint density at radius 3 is 2.27 bits per heavy atom. The largest absolute Gasteiger partial charge is 0.456 e. The molecule has 0 radical (unpaired) electrons. The molecular formula is C23H36O3. The van der Waals surface area contributed by atoms with Gasteiger partial charge in [0.2, 0.25) is 0 Å². The summed E-state index contributed by atoms with van der Waals surface area (Å²) in [5.41, 5.74) is 1.99. The highest BCUT2D eigenvalue weighted by Gasteiger charge is 2.23. The second-order valence-electron chi connectivity index (χ2n) is 7.89. The lowest BCUT2D eigenvalue weighted by molar-refractivity contribution is -0.0206. The number of esters is 1. The fourth-order valence-corrected chi connectivity index (χ4v) is 3.88. The molecule has 1 saturated carbocycles. The molecule has 1 aromatic rings. The van der Waals surface area contributed by atoms with E-state index in [1.807, 2.05) is 26.0 Å². The normalized spacial score (nSPS) is 22.6. The van der Waals surface area contributed by atoms with Gasteiger partial charge in [-0.2, -0.15) is 0 Å². The van der Waals surface area contributed by atoms with Crippen molar-refractivity contribution in [2.45, 2.75) is 90.3 Å². The molecule has 3 nitrogen and oxygen atoms in total. The Balaban J connectivity index is 1.83. The summed E-state index contributed by atoms with van der Waals surface area (Å²) in [4.78, 5) is 12.3. The Morgan fingerprint density at radius 2 is 1.69 bits per heavy atom. The molecule has 3 heteroatoms. The van der Waals surface area contributed by atoms with E-state index < -0.39 is 0 Å². The standard InChI is InChI=1S/C23H36O3/c1-5-6-7-8-19-9-11-20(12-10-19)21-13-15-22(16-14-21)23(24)26-18(3)17(2)25-4/h13-20H,5-12H2,1-4H3. The Labute approximate surface area is 159 Å². The van der Waals surface area contributed by atoms with Gasteiger partial charge >= 0.3 is 5.97 Å². The maximum absolute atomic E-state index is 12.3. The van der Waals surface area contributed by atoms with Gasteiger partial charge in [0.1, 0.15) is 6.10 Å². The van der Waals surface area contributed by atoms with Gasteiger partial charge in [0.25, 0.3) is 0 Å². The van der Waals surface area contributed by atoms with Crippen molar-refractivity contribution in [2.24, 2.45) is 5.92 Å². The molecule has 1 aromatic carbocycles. The smallest absolute Gasteiger partial charge is 0.338 e. The molecule has 0 N–H and O–H groups in total. The zero-order valence-electron chi connectivity index (χ0n) is 17.0. The fraction of sp³-hybridized carbons (Fsp3) is 0.696. The van der Waals surface area contributed by atoms with Gasteiger partial charge in [0, 0.05) is 7.11 Å². The van der Waals surface area contributed by atoms with Gasteiger partial charge in [0.05, 0.1) is 11.7 Å². The zero-order chi connectivity index (χ0) is 18.9. The number of benzene rings is 1. The first kappa shape index (κ1) is 21.0. The molecule has 26 heavy (non-hydrogen) atoms. The predicted octanol–water partition coefficient (Wildman–Crippen LogP) is 6.12.